The summed E-state index contributed by atoms with van der Waals surface area (Å²) >= 11 is 6.25. The minimum Gasteiger partial charge on any atom is -0.363 e. The van der Waals surface area contributed by atoms with Crippen molar-refractivity contribution in [2.24, 2.45) is 0 Å². The largest absolute Gasteiger partial charge is 0.363 e. The number of benzene rings is 1. The summed E-state index contributed by atoms with van der Waals surface area (Å²) in [5.74, 6) is 0.354. The van der Waals surface area contributed by atoms with E-state index in [0.29, 0.717) is 34.9 Å². The summed E-state index contributed by atoms with van der Waals surface area (Å²) in [6.07, 6.45) is 1.52. The average Bonchev–Trinajstić information content (AvgIpc) is 2.62. The van der Waals surface area contributed by atoms with E-state index in [1.165, 1.54) is 6.20 Å². The number of aromatic nitrogens is 1. The molecule has 0 radical (unpaired) electrons. The molecule has 7 heteroatoms. The maximum Gasteiger partial charge on any atom is 0.257 e. The fourth-order valence-corrected chi connectivity index (χ4v) is 2.70. The number of carbonyl (C=O) groups is 2. The van der Waals surface area contributed by atoms with Crippen LogP contribution in [0.1, 0.15) is 34.6 Å². The molecule has 2 aromatic rings. The Morgan fingerprint density at radius 1 is 1.12 bits per heavy atom. The highest BCUT2D eigenvalue weighted by Crippen LogP contribution is 2.23. The Morgan fingerprint density at radius 3 is 2.31 bits per heavy atom. The lowest BCUT2D eigenvalue weighted by Gasteiger charge is -2.19. The Hall–Kier alpha value is -2.60. The van der Waals surface area contributed by atoms with Crippen molar-refractivity contribution in [3.8, 4) is 0 Å². The number of rotatable bonds is 6. The summed E-state index contributed by atoms with van der Waals surface area (Å²) in [5.41, 5.74) is 1.38. The molecule has 0 saturated heterocycles. The molecule has 0 aliphatic heterocycles. The second-order valence-corrected chi connectivity index (χ2v) is 6.33. The normalized spacial score (nSPS) is 10.3. The van der Waals surface area contributed by atoms with E-state index < -0.39 is 0 Å². The molecule has 0 spiro atoms. The number of hydrogen-bond donors (Lipinski definition) is 1. The SMILES string of the molecule is CCN(CC)C(=O)c1ccc(NC(=O)c2ccc(N(C)C)nc2)cc1Cl. The summed E-state index contributed by atoms with van der Waals surface area (Å²) in [7, 11) is 3.76. The van der Waals surface area contributed by atoms with Crippen LogP contribution in [0.5, 0.6) is 0 Å². The van der Waals surface area contributed by atoms with Crippen LogP contribution >= 0.6 is 11.6 Å². The predicted octanol–water partition coefficient (Wildman–Crippen LogP) is 3.54. The van der Waals surface area contributed by atoms with E-state index >= 15 is 0 Å². The predicted molar refractivity (Wildman–Crippen MR) is 105 cm³/mol. The third-order valence-corrected chi connectivity index (χ3v) is 4.29. The molecule has 1 heterocycles. The van der Waals surface area contributed by atoms with Crippen LogP contribution in [-0.2, 0) is 0 Å². The first-order chi connectivity index (χ1) is 12.4. The maximum absolute atomic E-state index is 12.4. The molecule has 26 heavy (non-hydrogen) atoms. The molecule has 2 rings (SSSR count). The van der Waals surface area contributed by atoms with E-state index in [-0.39, 0.29) is 11.8 Å². The Balaban J connectivity index is 2.14. The topological polar surface area (TPSA) is 65.5 Å². The molecule has 0 aliphatic rings. The first-order valence-corrected chi connectivity index (χ1v) is 8.78. The van der Waals surface area contributed by atoms with Gasteiger partial charge in [0.05, 0.1) is 16.1 Å². The number of anilines is 2. The van der Waals surface area contributed by atoms with E-state index in [1.807, 2.05) is 32.8 Å². The number of nitrogens with one attached hydrogen (secondary N) is 1. The van der Waals surface area contributed by atoms with Gasteiger partial charge in [-0.25, -0.2) is 4.98 Å². The fourth-order valence-electron chi connectivity index (χ4n) is 2.44. The zero-order chi connectivity index (χ0) is 19.3. The van der Waals surface area contributed by atoms with E-state index in [1.54, 1.807) is 35.2 Å². The van der Waals surface area contributed by atoms with Crippen LogP contribution in [0.25, 0.3) is 0 Å². The van der Waals surface area contributed by atoms with Gasteiger partial charge in [-0.15, -0.1) is 0 Å². The Bertz CT molecular complexity index is 787. The van der Waals surface area contributed by atoms with Crippen molar-refractivity contribution in [2.45, 2.75) is 13.8 Å². The maximum atomic E-state index is 12.4. The lowest BCUT2D eigenvalue weighted by Crippen LogP contribution is -2.30. The zero-order valence-corrected chi connectivity index (χ0v) is 16.2. The van der Waals surface area contributed by atoms with Gasteiger partial charge in [-0.2, -0.15) is 0 Å². The highest BCUT2D eigenvalue weighted by Gasteiger charge is 2.16. The van der Waals surface area contributed by atoms with Gasteiger partial charge in [0.2, 0.25) is 0 Å². The van der Waals surface area contributed by atoms with Gasteiger partial charge in [-0.1, -0.05) is 11.6 Å². The van der Waals surface area contributed by atoms with Gasteiger partial charge in [0, 0.05) is 39.1 Å². The van der Waals surface area contributed by atoms with Gasteiger partial charge in [-0.3, -0.25) is 9.59 Å². The fraction of sp³-hybridized carbons (Fsp3) is 0.316. The second-order valence-electron chi connectivity index (χ2n) is 5.93. The van der Waals surface area contributed by atoms with E-state index in [9.17, 15) is 9.59 Å². The monoisotopic (exact) mass is 374 g/mol. The molecule has 0 saturated carbocycles. The van der Waals surface area contributed by atoms with E-state index in [4.69, 9.17) is 11.6 Å². The number of hydrogen-bond acceptors (Lipinski definition) is 4. The molecule has 0 aliphatic carbocycles. The van der Waals surface area contributed by atoms with Gasteiger partial charge >= 0.3 is 0 Å². The number of nitrogens with zero attached hydrogens (tertiary/aromatic N) is 3. The molecule has 0 bridgehead atoms. The highest BCUT2D eigenvalue weighted by molar-refractivity contribution is 6.34. The van der Waals surface area contributed by atoms with Gasteiger partial charge in [0.15, 0.2) is 0 Å². The molecule has 1 aromatic heterocycles. The van der Waals surface area contributed by atoms with E-state index in [0.717, 1.165) is 5.82 Å². The molecular weight excluding hydrogens is 352 g/mol. The number of pyridine rings is 1. The third-order valence-electron chi connectivity index (χ3n) is 3.98. The molecular formula is C19H23ClN4O2. The highest BCUT2D eigenvalue weighted by atomic mass is 35.5. The van der Waals surface area contributed by atoms with Gasteiger partial charge < -0.3 is 15.1 Å². The number of amides is 2. The minimum absolute atomic E-state index is 0.124. The summed E-state index contributed by atoms with van der Waals surface area (Å²) in [6, 6.07) is 8.36. The lowest BCUT2D eigenvalue weighted by atomic mass is 10.1. The summed E-state index contributed by atoms with van der Waals surface area (Å²) in [5, 5.41) is 3.08. The molecule has 138 valence electrons. The summed E-state index contributed by atoms with van der Waals surface area (Å²) in [6.45, 7) is 5.05. The van der Waals surface area contributed by atoms with Gasteiger partial charge in [-0.05, 0) is 44.2 Å². The molecule has 0 fully saturated rings. The lowest BCUT2D eigenvalue weighted by molar-refractivity contribution is 0.0773. The van der Waals surface area contributed by atoms with Crippen LogP contribution in [0.4, 0.5) is 11.5 Å². The van der Waals surface area contributed by atoms with Crippen molar-refractivity contribution in [1.82, 2.24) is 9.88 Å². The van der Waals surface area contributed by atoms with Crippen molar-refractivity contribution in [3.63, 3.8) is 0 Å². The van der Waals surface area contributed by atoms with Crippen molar-refractivity contribution >= 4 is 34.9 Å². The van der Waals surface area contributed by atoms with Crippen LogP contribution in [-0.4, -0.2) is 48.9 Å². The number of halogens is 1. The van der Waals surface area contributed by atoms with Gasteiger partial charge in [0.25, 0.3) is 11.8 Å². The standard InChI is InChI=1S/C19H23ClN4O2/c1-5-24(6-2)19(26)15-9-8-14(11-16(15)20)22-18(25)13-7-10-17(21-12-13)23(3)4/h7-12H,5-6H2,1-4H3,(H,22,25). The molecule has 6 nitrogen and oxygen atoms in total. The molecule has 0 atom stereocenters. The Morgan fingerprint density at radius 2 is 1.81 bits per heavy atom. The van der Waals surface area contributed by atoms with Crippen molar-refractivity contribution in [3.05, 3.63) is 52.7 Å². The van der Waals surface area contributed by atoms with Crippen LogP contribution in [0.2, 0.25) is 5.02 Å². The van der Waals surface area contributed by atoms with Crippen LogP contribution in [0.15, 0.2) is 36.5 Å². The van der Waals surface area contributed by atoms with E-state index in [2.05, 4.69) is 10.3 Å². The van der Waals surface area contributed by atoms with Crippen LogP contribution < -0.4 is 10.2 Å². The summed E-state index contributed by atoms with van der Waals surface area (Å²) < 4.78 is 0. The third kappa shape index (κ3) is 4.52. The molecule has 2 amide bonds. The summed E-state index contributed by atoms with van der Waals surface area (Å²) in [4.78, 5) is 32.5. The first kappa shape index (κ1) is 19.7. The Kier molecular flexibility index (Phi) is 6.58. The molecule has 0 unspecified atom stereocenters. The second kappa shape index (κ2) is 8.67. The molecule has 1 aromatic carbocycles. The Labute approximate surface area is 158 Å². The van der Waals surface area contributed by atoms with Crippen LogP contribution in [0, 0.1) is 0 Å². The number of carbonyl (C=O) groups excluding carboxylic acids is 2. The first-order valence-electron chi connectivity index (χ1n) is 8.40. The van der Waals surface area contributed by atoms with Crippen LogP contribution in [0.3, 0.4) is 0 Å². The zero-order valence-electron chi connectivity index (χ0n) is 15.4. The van der Waals surface area contributed by atoms with Gasteiger partial charge in [0.1, 0.15) is 5.82 Å². The molecule has 1 N–H and O–H groups in total. The van der Waals surface area contributed by atoms with Crippen molar-refractivity contribution in [2.75, 3.05) is 37.4 Å². The minimum atomic E-state index is -0.290. The smallest absolute Gasteiger partial charge is 0.257 e. The van der Waals surface area contributed by atoms with Crippen molar-refractivity contribution in [1.29, 1.82) is 0 Å². The van der Waals surface area contributed by atoms with Crippen molar-refractivity contribution < 1.29 is 9.59 Å². The average molecular weight is 375 g/mol. The quantitative estimate of drug-likeness (QED) is 0.839.